The van der Waals surface area contributed by atoms with E-state index in [1.807, 2.05) is 0 Å². The monoisotopic (exact) mass is 148 g/mol. The zero-order valence-corrected chi connectivity index (χ0v) is 7.05. The van der Waals surface area contributed by atoms with E-state index in [-0.39, 0.29) is 0 Å². The van der Waals surface area contributed by atoms with Crippen LogP contribution >= 0.6 is 0 Å². The zero-order valence-electron chi connectivity index (χ0n) is 7.05. The molecule has 0 heteroatoms. The first-order valence-electron chi connectivity index (χ1n) is 4.83. The van der Waals surface area contributed by atoms with Gasteiger partial charge in [0.15, 0.2) is 0 Å². The quantitative estimate of drug-likeness (QED) is 0.534. The van der Waals surface area contributed by atoms with Crippen molar-refractivity contribution in [3.8, 4) is 0 Å². The second kappa shape index (κ2) is 3.25. The first-order valence-corrected chi connectivity index (χ1v) is 4.83. The molecule has 1 fully saturated rings. The minimum absolute atomic E-state index is 0.923. The van der Waals surface area contributed by atoms with E-state index in [1.54, 1.807) is 5.57 Å². The molecule has 0 aromatic carbocycles. The van der Waals surface area contributed by atoms with E-state index in [2.05, 4.69) is 18.2 Å². The molecule has 0 nitrogen and oxygen atoms in total. The predicted molar refractivity (Wildman–Crippen MR) is 48.4 cm³/mol. The van der Waals surface area contributed by atoms with Crippen molar-refractivity contribution in [3.63, 3.8) is 0 Å². The van der Waals surface area contributed by atoms with Crippen LogP contribution in [0.1, 0.15) is 38.5 Å². The molecule has 0 spiro atoms. The molecule has 0 unspecified atom stereocenters. The molecule has 1 saturated carbocycles. The summed E-state index contributed by atoms with van der Waals surface area (Å²) < 4.78 is 0. The molecule has 60 valence electrons. The Labute approximate surface area is 69.0 Å². The summed E-state index contributed by atoms with van der Waals surface area (Å²) in [5, 5.41) is 0. The molecule has 0 heterocycles. The Bertz CT molecular complexity index is 180. The van der Waals surface area contributed by atoms with E-state index >= 15 is 0 Å². The predicted octanol–water partition coefficient (Wildman–Crippen LogP) is 3.45. The summed E-state index contributed by atoms with van der Waals surface area (Å²) in [6.45, 7) is 0. The van der Waals surface area contributed by atoms with E-state index in [9.17, 15) is 0 Å². The van der Waals surface area contributed by atoms with Crippen LogP contribution in [0.4, 0.5) is 0 Å². The summed E-state index contributed by atoms with van der Waals surface area (Å²) in [6, 6.07) is 0. The Balaban J connectivity index is 2.02. The van der Waals surface area contributed by atoms with Gasteiger partial charge in [-0.05, 0) is 37.2 Å². The molecule has 0 saturated heterocycles. The highest BCUT2D eigenvalue weighted by Gasteiger charge is 2.17. The summed E-state index contributed by atoms with van der Waals surface area (Å²) in [4.78, 5) is 0. The minimum Gasteiger partial charge on any atom is -0.0840 e. The maximum Gasteiger partial charge on any atom is -0.0165 e. The Morgan fingerprint density at radius 3 is 2.55 bits per heavy atom. The molecular formula is C11H16. The lowest BCUT2D eigenvalue weighted by Gasteiger charge is -2.13. The second-order valence-electron chi connectivity index (χ2n) is 3.67. The van der Waals surface area contributed by atoms with Crippen molar-refractivity contribution < 1.29 is 0 Å². The molecular weight excluding hydrogens is 132 g/mol. The fourth-order valence-corrected chi connectivity index (χ4v) is 2.20. The maximum absolute atomic E-state index is 2.44. The van der Waals surface area contributed by atoms with Crippen molar-refractivity contribution in [1.29, 1.82) is 0 Å². The van der Waals surface area contributed by atoms with Gasteiger partial charge < -0.3 is 0 Å². The Morgan fingerprint density at radius 1 is 1.09 bits per heavy atom. The van der Waals surface area contributed by atoms with Gasteiger partial charge in [0.05, 0.1) is 0 Å². The van der Waals surface area contributed by atoms with Crippen LogP contribution in [-0.2, 0) is 0 Å². The molecule has 0 N–H and O–H groups in total. The van der Waals surface area contributed by atoms with Gasteiger partial charge in [-0.2, -0.15) is 0 Å². The molecule has 0 bridgehead atoms. The van der Waals surface area contributed by atoms with Crippen LogP contribution in [0.25, 0.3) is 0 Å². The van der Waals surface area contributed by atoms with Crippen LogP contribution in [0.15, 0.2) is 23.8 Å². The summed E-state index contributed by atoms with van der Waals surface area (Å²) >= 11 is 0. The van der Waals surface area contributed by atoms with Crippen LogP contribution < -0.4 is 0 Å². The van der Waals surface area contributed by atoms with E-state index < -0.39 is 0 Å². The van der Waals surface area contributed by atoms with Gasteiger partial charge in [-0.3, -0.25) is 0 Å². The molecule has 2 aliphatic carbocycles. The number of hydrogen-bond donors (Lipinski definition) is 0. The highest BCUT2D eigenvalue weighted by atomic mass is 14.2. The summed E-state index contributed by atoms with van der Waals surface area (Å²) in [5.74, 6) is 0.923. The van der Waals surface area contributed by atoms with Crippen molar-refractivity contribution in [2.45, 2.75) is 38.5 Å². The lowest BCUT2D eigenvalue weighted by Crippen LogP contribution is -1.97. The number of hydrogen-bond acceptors (Lipinski definition) is 0. The van der Waals surface area contributed by atoms with Crippen LogP contribution in [0.3, 0.4) is 0 Å². The van der Waals surface area contributed by atoms with Crippen LogP contribution in [-0.4, -0.2) is 0 Å². The minimum atomic E-state index is 0.923. The van der Waals surface area contributed by atoms with Crippen molar-refractivity contribution >= 4 is 0 Å². The highest BCUT2D eigenvalue weighted by Crippen LogP contribution is 2.33. The smallest absolute Gasteiger partial charge is 0.0165 e. The maximum atomic E-state index is 2.44. The standard InChI is InChI=1S/C11H16/c1-2-6-10(7-3-1)11-8-4-5-9-11/h2,6-7,11H,1,3-5,8-9H2. The van der Waals surface area contributed by atoms with Crippen molar-refractivity contribution in [2.75, 3.05) is 0 Å². The fraction of sp³-hybridized carbons (Fsp3) is 0.636. The van der Waals surface area contributed by atoms with Gasteiger partial charge in [0.2, 0.25) is 0 Å². The van der Waals surface area contributed by atoms with E-state index in [4.69, 9.17) is 0 Å². The lowest BCUT2D eigenvalue weighted by atomic mass is 9.93. The Kier molecular flexibility index (Phi) is 2.11. The van der Waals surface area contributed by atoms with Gasteiger partial charge in [-0.15, -0.1) is 0 Å². The van der Waals surface area contributed by atoms with Gasteiger partial charge in [-0.25, -0.2) is 0 Å². The van der Waals surface area contributed by atoms with Gasteiger partial charge in [0, 0.05) is 0 Å². The van der Waals surface area contributed by atoms with Crippen LogP contribution in [0.2, 0.25) is 0 Å². The molecule has 0 aromatic heterocycles. The van der Waals surface area contributed by atoms with E-state index in [0.29, 0.717) is 0 Å². The van der Waals surface area contributed by atoms with Crippen LogP contribution in [0, 0.1) is 5.92 Å². The van der Waals surface area contributed by atoms with Gasteiger partial charge in [0.1, 0.15) is 0 Å². The summed E-state index contributed by atoms with van der Waals surface area (Å²) in [5.41, 5.74) is 1.63. The Morgan fingerprint density at radius 2 is 1.91 bits per heavy atom. The van der Waals surface area contributed by atoms with Gasteiger partial charge in [0.25, 0.3) is 0 Å². The second-order valence-corrected chi connectivity index (χ2v) is 3.67. The van der Waals surface area contributed by atoms with Gasteiger partial charge >= 0.3 is 0 Å². The largest absolute Gasteiger partial charge is 0.0840 e. The third-order valence-corrected chi connectivity index (χ3v) is 2.85. The molecule has 11 heavy (non-hydrogen) atoms. The first-order chi connectivity index (χ1) is 5.47. The van der Waals surface area contributed by atoms with Crippen molar-refractivity contribution in [3.05, 3.63) is 23.8 Å². The first kappa shape index (κ1) is 7.15. The molecule has 0 atom stereocenters. The third kappa shape index (κ3) is 1.55. The molecule has 0 amide bonds. The average molecular weight is 148 g/mol. The molecule has 0 aliphatic heterocycles. The molecule has 2 rings (SSSR count). The van der Waals surface area contributed by atoms with E-state index in [1.165, 1.54) is 38.5 Å². The molecule has 0 radical (unpaired) electrons. The summed E-state index contributed by atoms with van der Waals surface area (Å²) in [6.07, 6.45) is 15.4. The van der Waals surface area contributed by atoms with E-state index in [0.717, 1.165) is 5.92 Å². The number of rotatable bonds is 1. The van der Waals surface area contributed by atoms with Crippen molar-refractivity contribution in [2.24, 2.45) is 5.92 Å². The highest BCUT2D eigenvalue weighted by molar-refractivity contribution is 5.25. The van der Waals surface area contributed by atoms with Gasteiger partial charge in [-0.1, -0.05) is 31.1 Å². The summed E-state index contributed by atoms with van der Waals surface area (Å²) in [7, 11) is 0. The lowest BCUT2D eigenvalue weighted by molar-refractivity contribution is 0.649. The Hall–Kier alpha value is -0.520. The zero-order chi connectivity index (χ0) is 7.52. The topological polar surface area (TPSA) is 0 Å². The normalized spacial score (nSPS) is 25.6. The average Bonchev–Trinajstić information content (AvgIpc) is 2.58. The van der Waals surface area contributed by atoms with Crippen molar-refractivity contribution in [1.82, 2.24) is 0 Å². The van der Waals surface area contributed by atoms with Crippen LogP contribution in [0.5, 0.6) is 0 Å². The molecule has 2 aliphatic rings. The SMILES string of the molecule is C1=CC(C2CCCC2)=CCC1. The third-order valence-electron chi connectivity index (χ3n) is 2.85. The molecule has 0 aromatic rings. The number of allylic oxidation sites excluding steroid dienone is 4. The fourth-order valence-electron chi connectivity index (χ4n) is 2.20.